The number of benzene rings is 3. The molecule has 0 fully saturated rings. The molecule has 0 spiro atoms. The second-order valence-corrected chi connectivity index (χ2v) is 7.65. The minimum Gasteiger partial charge on any atom is -0.468 e. The highest BCUT2D eigenvalue weighted by atomic mass is 32.1. The number of esters is 1. The zero-order valence-electron chi connectivity index (χ0n) is 16.3. The van der Waals surface area contributed by atoms with Crippen LogP contribution in [0, 0.1) is 11.6 Å². The molecule has 8 heteroatoms. The number of amides is 1. The molecule has 0 saturated carbocycles. The van der Waals surface area contributed by atoms with Crippen LogP contribution in [0.1, 0.15) is 10.4 Å². The van der Waals surface area contributed by atoms with Gasteiger partial charge in [-0.05, 0) is 29.3 Å². The van der Waals surface area contributed by atoms with Crippen LogP contribution in [0.3, 0.4) is 0 Å². The predicted molar refractivity (Wildman–Crippen MR) is 114 cm³/mol. The lowest BCUT2D eigenvalue weighted by atomic mass is 10.0. The molecular weight excluding hydrogens is 422 g/mol. The van der Waals surface area contributed by atoms with Crippen molar-refractivity contribution in [1.82, 2.24) is 4.57 Å². The molecule has 0 aliphatic rings. The van der Waals surface area contributed by atoms with Crippen molar-refractivity contribution in [3.8, 4) is 11.1 Å². The van der Waals surface area contributed by atoms with Crippen LogP contribution in [-0.2, 0) is 16.1 Å². The van der Waals surface area contributed by atoms with E-state index in [2.05, 4.69) is 9.73 Å². The summed E-state index contributed by atoms with van der Waals surface area (Å²) in [6.07, 6.45) is 0. The third kappa shape index (κ3) is 4.29. The standard InChI is InChI=1S/C23H16F2N2O3S/c1-30-20(28)13-27-21-18(25)11-17(24)12-19(21)31-23(27)26-22(29)16-9-7-15(8-10-16)14-5-3-2-4-6-14/h2-12H,13H2,1H3. The van der Waals surface area contributed by atoms with Crippen molar-refractivity contribution < 1.29 is 23.1 Å². The number of ether oxygens (including phenoxy) is 1. The molecule has 0 bridgehead atoms. The van der Waals surface area contributed by atoms with E-state index in [0.717, 1.165) is 34.6 Å². The molecule has 4 rings (SSSR count). The van der Waals surface area contributed by atoms with Crippen LogP contribution < -0.4 is 4.80 Å². The molecule has 5 nitrogen and oxygen atoms in total. The molecule has 4 aromatic rings. The van der Waals surface area contributed by atoms with Gasteiger partial charge >= 0.3 is 5.97 Å². The van der Waals surface area contributed by atoms with Gasteiger partial charge in [-0.1, -0.05) is 53.8 Å². The Bertz CT molecular complexity index is 1340. The van der Waals surface area contributed by atoms with Crippen molar-refractivity contribution in [3.05, 3.63) is 88.7 Å². The highest BCUT2D eigenvalue weighted by molar-refractivity contribution is 7.16. The Morgan fingerprint density at radius 3 is 2.35 bits per heavy atom. The van der Waals surface area contributed by atoms with Gasteiger partial charge < -0.3 is 9.30 Å². The fraction of sp³-hybridized carbons (Fsp3) is 0.0870. The first-order valence-electron chi connectivity index (χ1n) is 9.26. The Kier molecular flexibility index (Phi) is 5.73. The van der Waals surface area contributed by atoms with Crippen molar-refractivity contribution in [2.75, 3.05) is 7.11 Å². The number of nitrogens with zero attached hydrogens (tertiary/aromatic N) is 2. The van der Waals surface area contributed by atoms with Crippen LogP contribution >= 0.6 is 11.3 Å². The molecule has 0 radical (unpaired) electrons. The second-order valence-electron chi connectivity index (χ2n) is 6.64. The highest BCUT2D eigenvalue weighted by Crippen LogP contribution is 2.23. The largest absolute Gasteiger partial charge is 0.468 e. The first kappa shape index (κ1) is 20.6. The van der Waals surface area contributed by atoms with Gasteiger partial charge in [0.05, 0.1) is 17.3 Å². The molecule has 156 valence electrons. The van der Waals surface area contributed by atoms with E-state index in [4.69, 9.17) is 0 Å². The Morgan fingerprint density at radius 1 is 1.00 bits per heavy atom. The molecular formula is C23H16F2N2O3S. The molecule has 0 atom stereocenters. The lowest BCUT2D eigenvalue weighted by Crippen LogP contribution is -2.22. The van der Waals surface area contributed by atoms with Crippen molar-refractivity contribution in [2.24, 2.45) is 4.99 Å². The molecule has 0 aliphatic carbocycles. The SMILES string of the molecule is COC(=O)Cn1c(=NC(=O)c2ccc(-c3ccccc3)cc2)sc2cc(F)cc(F)c21. The van der Waals surface area contributed by atoms with E-state index in [0.29, 0.717) is 5.56 Å². The van der Waals surface area contributed by atoms with Gasteiger partial charge in [-0.3, -0.25) is 9.59 Å². The fourth-order valence-electron chi connectivity index (χ4n) is 3.14. The van der Waals surface area contributed by atoms with Crippen molar-refractivity contribution >= 4 is 33.4 Å². The van der Waals surface area contributed by atoms with Crippen molar-refractivity contribution in [3.63, 3.8) is 0 Å². The summed E-state index contributed by atoms with van der Waals surface area (Å²) < 4.78 is 34.2. The van der Waals surface area contributed by atoms with Gasteiger partial charge in [0.2, 0.25) is 0 Å². The number of fused-ring (bicyclic) bond motifs is 1. The minimum absolute atomic E-state index is 0.0113. The van der Waals surface area contributed by atoms with Crippen molar-refractivity contribution in [2.45, 2.75) is 6.54 Å². The monoisotopic (exact) mass is 438 g/mol. The number of hydrogen-bond acceptors (Lipinski definition) is 4. The number of thiazole rings is 1. The predicted octanol–water partition coefficient (Wildman–Crippen LogP) is 4.56. The zero-order chi connectivity index (χ0) is 22.0. The summed E-state index contributed by atoms with van der Waals surface area (Å²) in [7, 11) is 1.20. The van der Waals surface area contributed by atoms with E-state index in [1.54, 1.807) is 24.3 Å². The number of carbonyl (C=O) groups is 2. The van der Waals surface area contributed by atoms with E-state index in [-0.39, 0.29) is 21.6 Å². The van der Waals surface area contributed by atoms with E-state index >= 15 is 0 Å². The third-order valence-electron chi connectivity index (χ3n) is 4.65. The summed E-state index contributed by atoms with van der Waals surface area (Å²) in [5, 5.41) is 0. The Hall–Kier alpha value is -3.65. The molecule has 0 unspecified atom stereocenters. The molecule has 31 heavy (non-hydrogen) atoms. The molecule has 0 N–H and O–H groups in total. The van der Waals surface area contributed by atoms with E-state index in [1.807, 2.05) is 30.3 Å². The lowest BCUT2D eigenvalue weighted by Gasteiger charge is -2.05. The average Bonchev–Trinajstić information content (AvgIpc) is 3.11. The number of rotatable bonds is 4. The van der Waals surface area contributed by atoms with Gasteiger partial charge in [-0.25, -0.2) is 8.78 Å². The summed E-state index contributed by atoms with van der Waals surface area (Å²) in [4.78, 5) is 28.7. The summed E-state index contributed by atoms with van der Waals surface area (Å²) >= 11 is 0.915. The number of hydrogen-bond donors (Lipinski definition) is 0. The van der Waals surface area contributed by atoms with E-state index in [1.165, 1.54) is 11.7 Å². The van der Waals surface area contributed by atoms with Gasteiger partial charge in [-0.15, -0.1) is 0 Å². The second kappa shape index (κ2) is 8.61. The Labute approximate surface area is 179 Å². The third-order valence-corrected chi connectivity index (χ3v) is 5.67. The first-order valence-corrected chi connectivity index (χ1v) is 10.1. The van der Waals surface area contributed by atoms with Crippen molar-refractivity contribution in [1.29, 1.82) is 0 Å². The summed E-state index contributed by atoms with van der Waals surface area (Å²) in [5.74, 6) is -2.82. The van der Waals surface area contributed by atoms with Crippen LogP contribution in [0.4, 0.5) is 8.78 Å². The summed E-state index contributed by atoms with van der Waals surface area (Å²) in [6.45, 7) is -0.363. The number of aromatic nitrogens is 1. The normalized spacial score (nSPS) is 11.6. The molecule has 1 aromatic heterocycles. The fourth-order valence-corrected chi connectivity index (χ4v) is 4.21. The van der Waals surface area contributed by atoms with Gasteiger partial charge in [-0.2, -0.15) is 4.99 Å². The minimum atomic E-state index is -0.851. The number of halogens is 2. The van der Waals surface area contributed by atoms with E-state index < -0.39 is 23.5 Å². The van der Waals surface area contributed by atoms with Gasteiger partial charge in [0.1, 0.15) is 12.4 Å². The van der Waals surface area contributed by atoms with Crippen LogP contribution in [0.15, 0.2) is 71.7 Å². The van der Waals surface area contributed by atoms with Gasteiger partial charge in [0.25, 0.3) is 5.91 Å². The molecule has 0 saturated heterocycles. The maximum absolute atomic E-state index is 14.4. The van der Waals surface area contributed by atoms with Gasteiger partial charge in [0, 0.05) is 11.6 Å². The average molecular weight is 438 g/mol. The maximum atomic E-state index is 14.4. The van der Waals surface area contributed by atoms with Crippen LogP contribution in [0.25, 0.3) is 21.3 Å². The zero-order valence-corrected chi connectivity index (χ0v) is 17.2. The van der Waals surface area contributed by atoms with Crippen LogP contribution in [0.5, 0.6) is 0 Å². The number of carbonyl (C=O) groups excluding carboxylic acids is 2. The summed E-state index contributed by atoms with van der Waals surface area (Å²) in [5.41, 5.74) is 2.27. The van der Waals surface area contributed by atoms with Crippen LogP contribution in [-0.4, -0.2) is 23.6 Å². The first-order chi connectivity index (χ1) is 15.0. The lowest BCUT2D eigenvalue weighted by molar-refractivity contribution is -0.141. The molecule has 0 aliphatic heterocycles. The summed E-state index contributed by atoms with van der Waals surface area (Å²) in [6, 6.07) is 18.4. The van der Waals surface area contributed by atoms with E-state index in [9.17, 15) is 18.4 Å². The topological polar surface area (TPSA) is 60.7 Å². The Balaban J connectivity index is 1.76. The quantitative estimate of drug-likeness (QED) is 0.439. The van der Waals surface area contributed by atoms with Crippen LogP contribution in [0.2, 0.25) is 0 Å². The maximum Gasteiger partial charge on any atom is 0.325 e. The Morgan fingerprint density at radius 2 is 1.68 bits per heavy atom. The number of methoxy groups -OCH3 is 1. The molecule has 3 aromatic carbocycles. The highest BCUT2D eigenvalue weighted by Gasteiger charge is 2.17. The molecule has 1 amide bonds. The smallest absolute Gasteiger partial charge is 0.325 e. The molecule has 1 heterocycles. The van der Waals surface area contributed by atoms with Gasteiger partial charge in [0.15, 0.2) is 10.6 Å².